The van der Waals surface area contributed by atoms with Crippen LogP contribution in [0.3, 0.4) is 0 Å². The van der Waals surface area contributed by atoms with E-state index in [1.54, 1.807) is 0 Å². The molecule has 0 unspecified atom stereocenters. The lowest BCUT2D eigenvalue weighted by molar-refractivity contribution is 0.260. The van der Waals surface area contributed by atoms with E-state index in [-0.39, 0.29) is 5.24 Å². The number of carbonyl (C=O) groups excluding carboxylic acids is 1. The molecule has 86 valence electrons. The van der Waals surface area contributed by atoms with Gasteiger partial charge in [-0.2, -0.15) is 0 Å². The van der Waals surface area contributed by atoms with E-state index < -0.39 is 0 Å². The monoisotopic (exact) mass is 253 g/mol. The van der Waals surface area contributed by atoms with Crippen molar-refractivity contribution in [1.29, 1.82) is 0 Å². The Balaban J connectivity index is 1.85. The minimum atomic E-state index is 0.0680. The Bertz CT molecular complexity index is 360. The third-order valence-electron chi connectivity index (χ3n) is 2.24. The van der Waals surface area contributed by atoms with Crippen LogP contribution in [0.25, 0.3) is 0 Å². The van der Waals surface area contributed by atoms with E-state index in [2.05, 4.69) is 24.4 Å². The Labute approximate surface area is 105 Å². The maximum Gasteiger partial charge on any atom is 0.284 e. The predicted octanol–water partition coefficient (Wildman–Crippen LogP) is 3.76. The summed E-state index contributed by atoms with van der Waals surface area (Å²) in [6, 6.07) is 8.60. The molecule has 2 nitrogen and oxygen atoms in total. The minimum absolute atomic E-state index is 0.0680. The molecule has 1 aliphatic carbocycles. The van der Waals surface area contributed by atoms with Gasteiger partial charge >= 0.3 is 0 Å². The number of hydrogen-bond acceptors (Lipinski definition) is 3. The Morgan fingerprint density at radius 2 is 1.94 bits per heavy atom. The van der Waals surface area contributed by atoms with E-state index in [0.717, 1.165) is 23.5 Å². The Morgan fingerprint density at radius 1 is 1.31 bits per heavy atom. The molecule has 1 amide bonds. The maximum atomic E-state index is 11.5. The molecular weight excluding hydrogens is 238 g/mol. The summed E-state index contributed by atoms with van der Waals surface area (Å²) in [6.07, 6.45) is 2.27. The molecule has 1 fully saturated rings. The summed E-state index contributed by atoms with van der Waals surface area (Å²) >= 11 is 3.09. The molecule has 2 rings (SSSR count). The van der Waals surface area contributed by atoms with Crippen molar-refractivity contribution in [3.8, 4) is 0 Å². The molecule has 0 radical (unpaired) electrons. The normalized spacial score (nSPS) is 14.8. The summed E-state index contributed by atoms with van der Waals surface area (Å²) in [6.45, 7) is 2.14. The first kappa shape index (κ1) is 11.9. The second kappa shape index (κ2) is 5.64. The van der Waals surface area contributed by atoms with Gasteiger partial charge in [0.1, 0.15) is 0 Å². The number of thioether (sulfide) groups is 2. The summed E-state index contributed by atoms with van der Waals surface area (Å²) in [5.74, 6) is 1.08. The SMILES string of the molecule is CCSc1ccc(SC(=O)NC2CC2)cc1. The first-order chi connectivity index (χ1) is 7.78. The highest BCUT2D eigenvalue weighted by atomic mass is 32.2. The third kappa shape index (κ3) is 3.76. The smallest absolute Gasteiger partial charge is 0.284 e. The second-order valence-electron chi connectivity index (χ2n) is 3.71. The average molecular weight is 253 g/mol. The van der Waals surface area contributed by atoms with E-state index in [1.165, 1.54) is 16.7 Å². The zero-order chi connectivity index (χ0) is 11.4. The molecule has 4 heteroatoms. The molecule has 1 aromatic carbocycles. The Morgan fingerprint density at radius 3 is 2.50 bits per heavy atom. The first-order valence-corrected chi connectivity index (χ1v) is 7.29. The van der Waals surface area contributed by atoms with Crippen LogP contribution in [0, 0.1) is 0 Å². The van der Waals surface area contributed by atoms with Crippen LogP contribution in [0.1, 0.15) is 19.8 Å². The van der Waals surface area contributed by atoms with Gasteiger partial charge in [-0.25, -0.2) is 0 Å². The maximum absolute atomic E-state index is 11.5. The van der Waals surface area contributed by atoms with Gasteiger partial charge in [0.05, 0.1) is 0 Å². The van der Waals surface area contributed by atoms with E-state index in [4.69, 9.17) is 0 Å². The van der Waals surface area contributed by atoms with Crippen LogP contribution in [-0.4, -0.2) is 17.0 Å². The van der Waals surface area contributed by atoms with E-state index in [1.807, 2.05) is 23.9 Å². The van der Waals surface area contributed by atoms with Crippen molar-refractivity contribution in [2.75, 3.05) is 5.75 Å². The van der Waals surface area contributed by atoms with Crippen molar-refractivity contribution in [2.45, 2.75) is 35.6 Å². The van der Waals surface area contributed by atoms with Crippen LogP contribution >= 0.6 is 23.5 Å². The summed E-state index contributed by atoms with van der Waals surface area (Å²) in [5.41, 5.74) is 0. The molecule has 1 aromatic rings. The fourth-order valence-corrected chi connectivity index (χ4v) is 2.68. The van der Waals surface area contributed by atoms with Crippen molar-refractivity contribution in [1.82, 2.24) is 5.32 Å². The lowest BCUT2D eigenvalue weighted by atomic mass is 10.4. The summed E-state index contributed by atoms with van der Waals surface area (Å²) < 4.78 is 0. The molecule has 0 saturated heterocycles. The predicted molar refractivity (Wildman–Crippen MR) is 70.3 cm³/mol. The molecule has 0 spiro atoms. The van der Waals surface area contributed by atoms with Gasteiger partial charge in [-0.1, -0.05) is 6.92 Å². The molecule has 1 N–H and O–H groups in total. The fraction of sp³-hybridized carbons (Fsp3) is 0.417. The summed E-state index contributed by atoms with van der Waals surface area (Å²) in [5, 5.41) is 3.03. The number of rotatable bonds is 4. The van der Waals surface area contributed by atoms with Crippen LogP contribution in [-0.2, 0) is 0 Å². The quantitative estimate of drug-likeness (QED) is 0.828. The molecule has 16 heavy (non-hydrogen) atoms. The molecule has 0 aromatic heterocycles. The largest absolute Gasteiger partial charge is 0.344 e. The molecule has 0 heterocycles. The Hall–Kier alpha value is -0.610. The minimum Gasteiger partial charge on any atom is -0.344 e. The van der Waals surface area contributed by atoms with Gasteiger partial charge in [-0.3, -0.25) is 4.79 Å². The van der Waals surface area contributed by atoms with Crippen LogP contribution in [0.5, 0.6) is 0 Å². The van der Waals surface area contributed by atoms with Crippen molar-refractivity contribution in [3.63, 3.8) is 0 Å². The van der Waals surface area contributed by atoms with Gasteiger partial charge in [-0.15, -0.1) is 11.8 Å². The summed E-state index contributed by atoms with van der Waals surface area (Å²) in [7, 11) is 0. The van der Waals surface area contributed by atoms with E-state index in [0.29, 0.717) is 6.04 Å². The topological polar surface area (TPSA) is 29.1 Å². The van der Waals surface area contributed by atoms with Crippen molar-refractivity contribution in [3.05, 3.63) is 24.3 Å². The first-order valence-electron chi connectivity index (χ1n) is 5.49. The zero-order valence-corrected chi connectivity index (χ0v) is 10.9. The average Bonchev–Trinajstić information content (AvgIpc) is 3.05. The van der Waals surface area contributed by atoms with E-state index >= 15 is 0 Å². The van der Waals surface area contributed by atoms with Crippen LogP contribution < -0.4 is 5.32 Å². The number of carbonyl (C=O) groups is 1. The fourth-order valence-electron chi connectivity index (χ4n) is 1.30. The standard InChI is InChI=1S/C12H15NOS2/c1-2-15-10-5-7-11(8-6-10)16-12(14)13-9-3-4-9/h5-9H,2-4H2,1H3,(H,13,14). The van der Waals surface area contributed by atoms with Crippen molar-refractivity contribution >= 4 is 28.8 Å². The summed E-state index contributed by atoms with van der Waals surface area (Å²) in [4.78, 5) is 13.8. The molecule has 1 saturated carbocycles. The number of benzene rings is 1. The lowest BCUT2D eigenvalue weighted by Gasteiger charge is -2.03. The highest BCUT2D eigenvalue weighted by Gasteiger charge is 2.23. The highest BCUT2D eigenvalue weighted by molar-refractivity contribution is 8.13. The zero-order valence-electron chi connectivity index (χ0n) is 9.23. The van der Waals surface area contributed by atoms with Crippen molar-refractivity contribution < 1.29 is 4.79 Å². The van der Waals surface area contributed by atoms with Gasteiger partial charge in [0.2, 0.25) is 0 Å². The third-order valence-corrected chi connectivity index (χ3v) is 3.95. The van der Waals surface area contributed by atoms with Gasteiger partial charge in [0.15, 0.2) is 0 Å². The van der Waals surface area contributed by atoms with Crippen LogP contribution in [0.15, 0.2) is 34.1 Å². The number of nitrogens with one attached hydrogen (secondary N) is 1. The van der Waals surface area contributed by atoms with Crippen LogP contribution in [0.4, 0.5) is 4.79 Å². The second-order valence-corrected chi connectivity index (χ2v) is 6.10. The number of amides is 1. The molecule has 0 atom stereocenters. The van der Waals surface area contributed by atoms with Crippen LogP contribution in [0.2, 0.25) is 0 Å². The molecular formula is C12H15NOS2. The van der Waals surface area contributed by atoms with E-state index in [9.17, 15) is 4.79 Å². The molecule has 1 aliphatic rings. The number of hydrogen-bond donors (Lipinski definition) is 1. The van der Waals surface area contributed by atoms with Gasteiger partial charge in [0.25, 0.3) is 5.24 Å². The van der Waals surface area contributed by atoms with Gasteiger partial charge in [0, 0.05) is 15.8 Å². The van der Waals surface area contributed by atoms with Gasteiger partial charge in [-0.05, 0) is 54.6 Å². The van der Waals surface area contributed by atoms with Crippen molar-refractivity contribution in [2.24, 2.45) is 0 Å². The van der Waals surface area contributed by atoms with Gasteiger partial charge < -0.3 is 5.32 Å². The Kier molecular flexibility index (Phi) is 4.18. The lowest BCUT2D eigenvalue weighted by Crippen LogP contribution is -2.20. The highest BCUT2D eigenvalue weighted by Crippen LogP contribution is 2.26. The molecule has 0 bridgehead atoms. The molecule has 0 aliphatic heterocycles.